The van der Waals surface area contributed by atoms with E-state index in [0.29, 0.717) is 19.0 Å². The highest BCUT2D eigenvalue weighted by Gasteiger charge is 2.59. The molecule has 2 aliphatic rings. The molecule has 27 heavy (non-hydrogen) atoms. The highest BCUT2D eigenvalue weighted by atomic mass is 19.3. The van der Waals surface area contributed by atoms with Gasteiger partial charge in [0.25, 0.3) is 5.92 Å². The van der Waals surface area contributed by atoms with E-state index in [1.807, 2.05) is 32.1 Å². The molecule has 6 nitrogen and oxygen atoms in total. The Kier molecular flexibility index (Phi) is 4.69. The van der Waals surface area contributed by atoms with Gasteiger partial charge in [-0.3, -0.25) is 4.79 Å². The predicted octanol–water partition coefficient (Wildman–Crippen LogP) is 2.08. The predicted molar refractivity (Wildman–Crippen MR) is 100 cm³/mol. The largest absolute Gasteiger partial charge is 0.347 e. The molecule has 0 saturated carbocycles. The highest BCUT2D eigenvalue weighted by Crippen LogP contribution is 2.50. The minimum Gasteiger partial charge on any atom is -0.347 e. The number of anilines is 1. The van der Waals surface area contributed by atoms with Crippen molar-refractivity contribution in [2.75, 3.05) is 52.2 Å². The van der Waals surface area contributed by atoms with Crippen LogP contribution in [0.3, 0.4) is 0 Å². The maximum absolute atomic E-state index is 13.9. The molecular weight excluding hydrogens is 352 g/mol. The first-order chi connectivity index (χ1) is 12.4. The molecule has 0 aliphatic carbocycles. The molecule has 2 fully saturated rings. The van der Waals surface area contributed by atoms with Crippen LogP contribution in [0.25, 0.3) is 0 Å². The van der Waals surface area contributed by atoms with E-state index in [1.54, 1.807) is 11.1 Å². The zero-order chi connectivity index (χ0) is 20.2. The second kappa shape index (κ2) is 6.36. The lowest BCUT2D eigenvalue weighted by Crippen LogP contribution is -2.65. The van der Waals surface area contributed by atoms with Gasteiger partial charge in [-0.1, -0.05) is 0 Å². The molecule has 0 radical (unpaired) electrons. The van der Waals surface area contributed by atoms with E-state index in [-0.39, 0.29) is 11.3 Å². The van der Waals surface area contributed by atoms with Crippen molar-refractivity contribution in [3.05, 3.63) is 18.0 Å². The number of amides is 1. The normalized spacial score (nSPS) is 22.8. The van der Waals surface area contributed by atoms with Gasteiger partial charge in [-0.05, 0) is 27.0 Å². The summed E-state index contributed by atoms with van der Waals surface area (Å²) in [6.07, 6.45) is 1.76. The quantitative estimate of drug-likeness (QED) is 0.799. The van der Waals surface area contributed by atoms with Gasteiger partial charge in [-0.15, -0.1) is 0 Å². The smallest absolute Gasteiger partial charge is 0.259 e. The highest BCUT2D eigenvalue weighted by molar-refractivity contribution is 5.84. The van der Waals surface area contributed by atoms with Crippen LogP contribution in [0.2, 0.25) is 0 Å². The first-order valence-corrected chi connectivity index (χ1v) is 9.23. The fourth-order valence-electron chi connectivity index (χ4n) is 4.16. The Balaban J connectivity index is 1.81. The Labute approximate surface area is 159 Å². The lowest BCUT2D eigenvalue weighted by molar-refractivity contribution is -0.174. The van der Waals surface area contributed by atoms with Crippen LogP contribution < -0.4 is 4.90 Å². The molecule has 0 N–H and O–H groups in total. The number of carbonyl (C=O) groups excluding carboxylic acids is 1. The summed E-state index contributed by atoms with van der Waals surface area (Å²) in [7, 11) is 5.84. The maximum Gasteiger partial charge on any atom is 0.259 e. The zero-order valence-corrected chi connectivity index (χ0v) is 17.0. The van der Waals surface area contributed by atoms with Crippen LogP contribution in [0.15, 0.2) is 12.3 Å². The number of halogens is 2. The fraction of sp³-hybridized carbons (Fsp3) is 0.737. The lowest BCUT2D eigenvalue weighted by atomic mass is 9.69. The minimum absolute atomic E-state index is 0.137. The average molecular weight is 381 g/mol. The van der Waals surface area contributed by atoms with Gasteiger partial charge in [0.1, 0.15) is 5.41 Å². The summed E-state index contributed by atoms with van der Waals surface area (Å²) >= 11 is 0. The van der Waals surface area contributed by atoms with Crippen molar-refractivity contribution in [1.29, 1.82) is 0 Å². The van der Waals surface area contributed by atoms with Crippen molar-refractivity contribution >= 4 is 11.9 Å². The van der Waals surface area contributed by atoms with E-state index < -0.39 is 17.2 Å². The Morgan fingerprint density at radius 1 is 1.26 bits per heavy atom. The average Bonchev–Trinajstić information content (AvgIpc) is 2.89. The lowest BCUT2D eigenvalue weighted by Gasteiger charge is -2.53. The summed E-state index contributed by atoms with van der Waals surface area (Å²) in [5.74, 6) is -2.74. The Morgan fingerprint density at radius 2 is 1.89 bits per heavy atom. The van der Waals surface area contributed by atoms with Crippen molar-refractivity contribution in [2.24, 2.45) is 10.8 Å². The number of alkyl halides is 2. The molecule has 1 aromatic rings. The molecule has 2 saturated heterocycles. The molecule has 3 rings (SSSR count). The van der Waals surface area contributed by atoms with Gasteiger partial charge in [-0.2, -0.15) is 0 Å². The van der Waals surface area contributed by atoms with Gasteiger partial charge in [0.05, 0.1) is 5.69 Å². The van der Waals surface area contributed by atoms with Crippen LogP contribution in [0, 0.1) is 10.8 Å². The SMILES string of the molecule is CN1CC(c2ccnc(N(C)C)n2)C2(C1)CN(C(=O)C(C)(C)C(C)(F)F)C2. The van der Waals surface area contributed by atoms with Crippen LogP contribution in [0.1, 0.15) is 32.4 Å². The molecular formula is C19H29F2N5O. The summed E-state index contributed by atoms with van der Waals surface area (Å²) in [5.41, 5.74) is -0.895. The van der Waals surface area contributed by atoms with Crippen molar-refractivity contribution in [3.8, 4) is 0 Å². The molecule has 150 valence electrons. The first kappa shape index (κ1) is 19.9. The van der Waals surface area contributed by atoms with Gasteiger partial charge in [0, 0.05) is 64.7 Å². The van der Waals surface area contributed by atoms with Gasteiger partial charge in [-0.25, -0.2) is 18.7 Å². The second-order valence-electron chi connectivity index (χ2n) is 8.96. The Bertz CT molecular complexity index is 725. The van der Waals surface area contributed by atoms with E-state index in [2.05, 4.69) is 14.9 Å². The van der Waals surface area contributed by atoms with Crippen molar-refractivity contribution in [3.63, 3.8) is 0 Å². The van der Waals surface area contributed by atoms with Crippen LogP contribution in [0.5, 0.6) is 0 Å². The topological polar surface area (TPSA) is 52.6 Å². The number of nitrogens with zero attached hydrogens (tertiary/aromatic N) is 5. The molecule has 8 heteroatoms. The molecule has 2 aliphatic heterocycles. The number of carbonyl (C=O) groups is 1. The molecule has 1 amide bonds. The summed E-state index contributed by atoms with van der Waals surface area (Å²) in [5, 5.41) is 0. The molecule has 3 heterocycles. The van der Waals surface area contributed by atoms with Crippen molar-refractivity contribution < 1.29 is 13.6 Å². The molecule has 0 bridgehead atoms. The van der Waals surface area contributed by atoms with Crippen LogP contribution in [-0.2, 0) is 4.79 Å². The van der Waals surface area contributed by atoms with Gasteiger partial charge < -0.3 is 14.7 Å². The third kappa shape index (κ3) is 3.28. The Hall–Kier alpha value is -1.83. The van der Waals surface area contributed by atoms with Crippen molar-refractivity contribution in [1.82, 2.24) is 19.8 Å². The standard InChI is InChI=1S/C19H29F2N5O/c1-17(2,18(3,20)21)15(27)26-11-19(12-26)10-25(6)9-13(19)14-7-8-22-16(23-14)24(4)5/h7-8,13H,9-12H2,1-6H3. The number of likely N-dealkylation sites (N-methyl/N-ethyl adjacent to an activating group) is 1. The zero-order valence-electron chi connectivity index (χ0n) is 17.0. The maximum atomic E-state index is 13.9. The molecule has 0 aromatic carbocycles. The van der Waals surface area contributed by atoms with E-state index in [1.165, 1.54) is 13.8 Å². The van der Waals surface area contributed by atoms with Crippen molar-refractivity contribution in [2.45, 2.75) is 32.6 Å². The molecule has 1 aromatic heterocycles. The van der Waals surface area contributed by atoms with Gasteiger partial charge >= 0.3 is 0 Å². The Morgan fingerprint density at radius 3 is 2.44 bits per heavy atom. The number of aromatic nitrogens is 2. The van der Waals surface area contributed by atoms with Crippen LogP contribution >= 0.6 is 0 Å². The monoisotopic (exact) mass is 381 g/mol. The minimum atomic E-state index is -3.06. The number of likely N-dealkylation sites (tertiary alicyclic amines) is 2. The molecule has 1 atom stereocenters. The van der Waals surface area contributed by atoms with E-state index >= 15 is 0 Å². The summed E-state index contributed by atoms with van der Waals surface area (Å²) in [4.78, 5) is 27.3. The fourth-order valence-corrected chi connectivity index (χ4v) is 4.16. The third-order valence-electron chi connectivity index (χ3n) is 6.17. The van der Waals surface area contributed by atoms with Gasteiger partial charge in [0.2, 0.25) is 11.9 Å². The van der Waals surface area contributed by atoms with E-state index in [9.17, 15) is 13.6 Å². The molecule has 1 unspecified atom stereocenters. The summed E-state index contributed by atoms with van der Waals surface area (Å²) < 4.78 is 27.8. The molecule has 1 spiro atoms. The van der Waals surface area contributed by atoms with E-state index in [4.69, 9.17) is 0 Å². The number of hydrogen-bond acceptors (Lipinski definition) is 5. The summed E-state index contributed by atoms with van der Waals surface area (Å²) in [6.45, 7) is 6.10. The first-order valence-electron chi connectivity index (χ1n) is 9.23. The third-order valence-corrected chi connectivity index (χ3v) is 6.17. The summed E-state index contributed by atoms with van der Waals surface area (Å²) in [6, 6.07) is 1.92. The van der Waals surface area contributed by atoms with E-state index in [0.717, 1.165) is 25.7 Å². The van der Waals surface area contributed by atoms with Crippen LogP contribution in [-0.4, -0.2) is 78.9 Å². The second-order valence-corrected chi connectivity index (χ2v) is 8.96. The number of rotatable bonds is 4. The number of hydrogen-bond donors (Lipinski definition) is 0. The van der Waals surface area contributed by atoms with Gasteiger partial charge in [0.15, 0.2) is 0 Å². The van der Waals surface area contributed by atoms with Crippen LogP contribution in [0.4, 0.5) is 14.7 Å².